The van der Waals surface area contributed by atoms with Crippen molar-refractivity contribution in [3.63, 3.8) is 0 Å². The maximum absolute atomic E-state index is 11.9. The number of esters is 1. The molecule has 0 spiro atoms. The molecule has 1 fully saturated rings. The maximum Gasteiger partial charge on any atom is 0.367 e. The Morgan fingerprint density at radius 1 is 1.56 bits per heavy atom. The van der Waals surface area contributed by atoms with E-state index in [9.17, 15) is 15.0 Å². The van der Waals surface area contributed by atoms with Crippen molar-refractivity contribution in [2.24, 2.45) is 11.7 Å². The van der Waals surface area contributed by atoms with E-state index >= 15 is 0 Å². The van der Waals surface area contributed by atoms with Crippen molar-refractivity contribution in [2.45, 2.75) is 44.6 Å². The van der Waals surface area contributed by atoms with Crippen LogP contribution < -0.4 is 5.73 Å². The van der Waals surface area contributed by atoms with Gasteiger partial charge in [-0.15, -0.1) is 0 Å². The molecule has 1 aliphatic rings. The van der Waals surface area contributed by atoms with Crippen molar-refractivity contribution >= 4 is 5.97 Å². The van der Waals surface area contributed by atoms with E-state index in [2.05, 4.69) is 4.74 Å². The van der Waals surface area contributed by atoms with E-state index in [-0.39, 0.29) is 6.54 Å². The van der Waals surface area contributed by atoms with Crippen LogP contribution >= 0.6 is 0 Å². The number of carbonyl (C=O) groups excluding carboxylic acids is 1. The Hall–Kier alpha value is -0.730. The van der Waals surface area contributed by atoms with Crippen LogP contribution in [0.25, 0.3) is 0 Å². The van der Waals surface area contributed by atoms with Gasteiger partial charge in [-0.1, -0.05) is 6.92 Å². The Morgan fingerprint density at radius 3 is 2.44 bits per heavy atom. The summed E-state index contributed by atoms with van der Waals surface area (Å²) in [5.41, 5.74) is 5.46. The average Bonchev–Trinajstić information content (AvgIpc) is 2.51. The van der Waals surface area contributed by atoms with Crippen molar-refractivity contribution in [3.05, 3.63) is 0 Å². The fourth-order valence-corrected chi connectivity index (χ4v) is 2.04. The summed E-state index contributed by atoms with van der Waals surface area (Å²) in [7, 11) is 1.18. The molecule has 1 saturated heterocycles. The summed E-state index contributed by atoms with van der Waals surface area (Å²) >= 11 is 0. The molecule has 106 valence electrons. The fourth-order valence-electron chi connectivity index (χ4n) is 2.04. The first-order valence-corrected chi connectivity index (χ1v) is 5.75. The Labute approximate surface area is 106 Å². The second-order valence-electron chi connectivity index (χ2n) is 4.88. The number of ether oxygens (including phenoxy) is 3. The van der Waals surface area contributed by atoms with Crippen LogP contribution in [0.5, 0.6) is 0 Å². The van der Waals surface area contributed by atoms with Crippen LogP contribution in [0.4, 0.5) is 0 Å². The van der Waals surface area contributed by atoms with Crippen LogP contribution in [0.3, 0.4) is 0 Å². The van der Waals surface area contributed by atoms with Gasteiger partial charge < -0.3 is 30.2 Å². The predicted molar refractivity (Wildman–Crippen MR) is 61.2 cm³/mol. The molecule has 7 heteroatoms. The van der Waals surface area contributed by atoms with Gasteiger partial charge in [0, 0.05) is 6.54 Å². The maximum atomic E-state index is 11.9. The Kier molecular flexibility index (Phi) is 4.34. The topological polar surface area (TPSA) is 111 Å². The monoisotopic (exact) mass is 263 g/mol. The van der Waals surface area contributed by atoms with Crippen molar-refractivity contribution < 1.29 is 29.2 Å². The van der Waals surface area contributed by atoms with Crippen LogP contribution in [0.15, 0.2) is 0 Å². The second-order valence-corrected chi connectivity index (χ2v) is 4.88. The van der Waals surface area contributed by atoms with E-state index < -0.39 is 35.7 Å². The molecule has 0 saturated carbocycles. The molecule has 0 amide bonds. The van der Waals surface area contributed by atoms with Gasteiger partial charge in [0.15, 0.2) is 5.79 Å². The highest BCUT2D eigenvalue weighted by molar-refractivity contribution is 5.78. The minimum absolute atomic E-state index is 0.0273. The summed E-state index contributed by atoms with van der Waals surface area (Å²) in [4.78, 5) is 11.9. The molecule has 4 N–H and O–H groups in total. The third-order valence-electron chi connectivity index (χ3n) is 2.92. The standard InChI is InChI=1S/C11H21NO6/c1-6-8(13)7(5-12)17-11(6,9(14)16-4)18-10(2,3)15/h6-8,13,15H,5,12H2,1-4H3/t6-,7-,8-,11+/m0/s1. The summed E-state index contributed by atoms with van der Waals surface area (Å²) in [6.07, 6.45) is -1.72. The summed E-state index contributed by atoms with van der Waals surface area (Å²) < 4.78 is 15.4. The van der Waals surface area contributed by atoms with Gasteiger partial charge in [0.05, 0.1) is 19.1 Å². The van der Waals surface area contributed by atoms with E-state index in [1.165, 1.54) is 21.0 Å². The summed E-state index contributed by atoms with van der Waals surface area (Å²) in [6, 6.07) is 0. The van der Waals surface area contributed by atoms with E-state index in [0.29, 0.717) is 0 Å². The van der Waals surface area contributed by atoms with Gasteiger partial charge in [0.25, 0.3) is 5.79 Å². The molecular weight excluding hydrogens is 242 g/mol. The van der Waals surface area contributed by atoms with Gasteiger partial charge in [0.1, 0.15) is 6.10 Å². The molecule has 18 heavy (non-hydrogen) atoms. The smallest absolute Gasteiger partial charge is 0.367 e. The van der Waals surface area contributed by atoms with Crippen molar-refractivity contribution in [1.82, 2.24) is 0 Å². The summed E-state index contributed by atoms with van der Waals surface area (Å²) in [6.45, 7) is 4.31. The molecule has 0 aromatic heterocycles. The third-order valence-corrected chi connectivity index (χ3v) is 2.92. The number of rotatable bonds is 4. The zero-order valence-electron chi connectivity index (χ0n) is 11.0. The third kappa shape index (κ3) is 2.65. The molecule has 0 aromatic rings. The summed E-state index contributed by atoms with van der Waals surface area (Å²) in [5, 5.41) is 19.7. The van der Waals surface area contributed by atoms with Crippen LogP contribution in [0.2, 0.25) is 0 Å². The molecule has 0 aliphatic carbocycles. The van der Waals surface area contributed by atoms with Crippen LogP contribution in [-0.2, 0) is 19.0 Å². The minimum atomic E-state index is -1.85. The first-order valence-electron chi connectivity index (χ1n) is 5.75. The molecule has 0 aromatic carbocycles. The molecule has 1 aliphatic heterocycles. The molecule has 0 unspecified atom stereocenters. The number of aliphatic hydroxyl groups excluding tert-OH is 1. The first-order chi connectivity index (χ1) is 8.18. The van der Waals surface area contributed by atoms with Crippen LogP contribution in [0, 0.1) is 5.92 Å². The van der Waals surface area contributed by atoms with E-state index in [0.717, 1.165) is 0 Å². The number of methoxy groups -OCH3 is 1. The molecule has 7 nitrogen and oxygen atoms in total. The number of hydrogen-bond donors (Lipinski definition) is 3. The lowest BCUT2D eigenvalue weighted by molar-refractivity contribution is -0.330. The molecule has 0 bridgehead atoms. The van der Waals surface area contributed by atoms with E-state index in [4.69, 9.17) is 15.2 Å². The molecule has 0 radical (unpaired) electrons. The molecule has 1 heterocycles. The highest BCUT2D eigenvalue weighted by Gasteiger charge is 2.61. The summed E-state index contributed by atoms with van der Waals surface area (Å²) in [5.74, 6) is -5.00. The minimum Gasteiger partial charge on any atom is -0.465 e. The number of aliphatic hydroxyl groups is 2. The van der Waals surface area contributed by atoms with Gasteiger partial charge in [-0.2, -0.15) is 0 Å². The quantitative estimate of drug-likeness (QED) is 0.438. The molecule has 1 rings (SSSR count). The van der Waals surface area contributed by atoms with Gasteiger partial charge in [-0.3, -0.25) is 0 Å². The second kappa shape index (κ2) is 5.10. The lowest BCUT2D eigenvalue weighted by Gasteiger charge is -2.35. The van der Waals surface area contributed by atoms with Gasteiger partial charge in [0.2, 0.25) is 0 Å². The Morgan fingerprint density at radius 2 is 2.11 bits per heavy atom. The van der Waals surface area contributed by atoms with Crippen molar-refractivity contribution in [2.75, 3.05) is 13.7 Å². The van der Waals surface area contributed by atoms with E-state index in [1.807, 2.05) is 0 Å². The van der Waals surface area contributed by atoms with Crippen molar-refractivity contribution in [3.8, 4) is 0 Å². The molecular formula is C11H21NO6. The number of nitrogens with two attached hydrogens (primary N) is 1. The van der Waals surface area contributed by atoms with Crippen LogP contribution in [-0.4, -0.2) is 53.6 Å². The normalized spacial score (nSPS) is 36.7. The van der Waals surface area contributed by atoms with E-state index in [1.54, 1.807) is 6.92 Å². The fraction of sp³-hybridized carbons (Fsp3) is 0.909. The van der Waals surface area contributed by atoms with Crippen LogP contribution in [0.1, 0.15) is 20.8 Å². The predicted octanol–water partition coefficient (Wildman–Crippen LogP) is -1.04. The largest absolute Gasteiger partial charge is 0.465 e. The zero-order valence-corrected chi connectivity index (χ0v) is 11.0. The lowest BCUT2D eigenvalue weighted by Crippen LogP contribution is -2.52. The first kappa shape index (κ1) is 15.3. The number of carbonyl (C=O) groups is 1. The number of hydrogen-bond acceptors (Lipinski definition) is 7. The SMILES string of the molecule is COC(=O)[C@@]1(OC(C)(C)O)O[C@@H](CN)[C@@H](O)[C@@H]1C. The Balaban J connectivity index is 3.10. The van der Waals surface area contributed by atoms with Gasteiger partial charge >= 0.3 is 5.97 Å². The lowest BCUT2D eigenvalue weighted by atomic mass is 9.95. The average molecular weight is 263 g/mol. The molecule has 4 atom stereocenters. The van der Waals surface area contributed by atoms with Gasteiger partial charge in [-0.05, 0) is 13.8 Å². The zero-order chi connectivity index (χ0) is 14.1. The highest BCUT2D eigenvalue weighted by atomic mass is 16.8. The van der Waals surface area contributed by atoms with Gasteiger partial charge in [-0.25, -0.2) is 4.79 Å². The highest BCUT2D eigenvalue weighted by Crippen LogP contribution is 2.40. The van der Waals surface area contributed by atoms with Crippen molar-refractivity contribution in [1.29, 1.82) is 0 Å². The Bertz CT molecular complexity index is 315.